The zero-order chi connectivity index (χ0) is 14.3. The van der Waals surface area contributed by atoms with Gasteiger partial charge in [0, 0.05) is 33.0 Å². The maximum atomic E-state index is 12.0. The van der Waals surface area contributed by atoms with Crippen molar-refractivity contribution in [1.29, 1.82) is 0 Å². The van der Waals surface area contributed by atoms with Crippen molar-refractivity contribution in [3.8, 4) is 0 Å². The zero-order valence-electron chi connectivity index (χ0n) is 12.3. The lowest BCUT2D eigenvalue weighted by Gasteiger charge is -2.35. The molecule has 0 aliphatic carbocycles. The van der Waals surface area contributed by atoms with Crippen molar-refractivity contribution in [2.45, 2.75) is 58.7 Å². The quantitative estimate of drug-likeness (QED) is 0.741. The van der Waals surface area contributed by atoms with Gasteiger partial charge in [0.05, 0.1) is 12.2 Å². The monoisotopic (exact) mass is 270 g/mol. The predicted octanol–water partition coefficient (Wildman–Crippen LogP) is 1.32. The lowest BCUT2D eigenvalue weighted by molar-refractivity contribution is -0.143. The molecule has 1 aliphatic rings. The normalized spacial score (nSPS) is 23.2. The third kappa shape index (κ3) is 6.57. The molecule has 1 rings (SSSR count). The Morgan fingerprint density at radius 2 is 1.79 bits per heavy atom. The Balaban J connectivity index is 2.12. The average molecular weight is 270 g/mol. The Labute approximate surface area is 115 Å². The second-order valence-corrected chi connectivity index (χ2v) is 5.35. The van der Waals surface area contributed by atoms with E-state index in [0.717, 1.165) is 19.3 Å². The summed E-state index contributed by atoms with van der Waals surface area (Å²) < 4.78 is 5.61. The molecule has 0 aromatic rings. The van der Waals surface area contributed by atoms with Crippen molar-refractivity contribution in [1.82, 2.24) is 10.2 Å². The van der Waals surface area contributed by atoms with E-state index < -0.39 is 0 Å². The molecule has 1 aliphatic heterocycles. The third-order valence-electron chi connectivity index (χ3n) is 3.21. The minimum absolute atomic E-state index is 0.00682. The minimum atomic E-state index is 0.00682. The summed E-state index contributed by atoms with van der Waals surface area (Å²) in [5, 5.41) is 2.76. The van der Waals surface area contributed by atoms with Gasteiger partial charge in [0.1, 0.15) is 0 Å². The van der Waals surface area contributed by atoms with Crippen molar-refractivity contribution in [3.63, 3.8) is 0 Å². The number of unbranched alkanes of at least 4 members (excludes halogenated alkanes) is 2. The number of ether oxygens (including phenoxy) is 1. The third-order valence-corrected chi connectivity index (χ3v) is 3.21. The van der Waals surface area contributed by atoms with Gasteiger partial charge in [0.25, 0.3) is 0 Å². The summed E-state index contributed by atoms with van der Waals surface area (Å²) in [5.41, 5.74) is 0. The summed E-state index contributed by atoms with van der Waals surface area (Å²) in [6, 6.07) is 0. The first-order valence-corrected chi connectivity index (χ1v) is 7.16. The number of nitrogens with zero attached hydrogens (tertiary/aromatic N) is 1. The van der Waals surface area contributed by atoms with Gasteiger partial charge in [0.2, 0.25) is 11.8 Å². The van der Waals surface area contributed by atoms with Gasteiger partial charge in [-0.25, -0.2) is 0 Å². The van der Waals surface area contributed by atoms with Crippen LogP contribution in [0.15, 0.2) is 0 Å². The number of carbonyl (C=O) groups is 2. The minimum Gasteiger partial charge on any atom is -0.372 e. The average Bonchev–Trinajstić information content (AvgIpc) is 2.31. The Morgan fingerprint density at radius 3 is 2.37 bits per heavy atom. The number of hydrogen-bond acceptors (Lipinski definition) is 3. The van der Waals surface area contributed by atoms with E-state index in [1.807, 2.05) is 18.7 Å². The fourth-order valence-electron chi connectivity index (χ4n) is 2.38. The fraction of sp³-hybridized carbons (Fsp3) is 0.857. The van der Waals surface area contributed by atoms with E-state index in [9.17, 15) is 9.59 Å². The van der Waals surface area contributed by atoms with Gasteiger partial charge in [0.15, 0.2) is 0 Å². The van der Waals surface area contributed by atoms with Crippen molar-refractivity contribution in [2.24, 2.45) is 0 Å². The highest BCUT2D eigenvalue weighted by Gasteiger charge is 2.25. The van der Waals surface area contributed by atoms with Gasteiger partial charge in [-0.3, -0.25) is 9.59 Å². The molecule has 0 bridgehead atoms. The van der Waals surface area contributed by atoms with Crippen LogP contribution >= 0.6 is 0 Å². The van der Waals surface area contributed by atoms with Crippen LogP contribution in [0.3, 0.4) is 0 Å². The van der Waals surface area contributed by atoms with E-state index in [1.54, 1.807) is 0 Å². The lowest BCUT2D eigenvalue weighted by atomic mass is 10.1. The Morgan fingerprint density at radius 1 is 1.16 bits per heavy atom. The summed E-state index contributed by atoms with van der Waals surface area (Å²) in [6.07, 6.45) is 3.65. The van der Waals surface area contributed by atoms with Crippen molar-refractivity contribution in [2.75, 3.05) is 19.6 Å². The molecule has 0 aromatic carbocycles. The fourth-order valence-corrected chi connectivity index (χ4v) is 2.38. The number of morpholine rings is 1. The molecular formula is C14H26N2O3. The second-order valence-electron chi connectivity index (χ2n) is 5.35. The van der Waals surface area contributed by atoms with E-state index in [4.69, 9.17) is 4.74 Å². The molecule has 0 unspecified atom stereocenters. The smallest absolute Gasteiger partial charge is 0.222 e. The molecule has 5 nitrogen and oxygen atoms in total. The highest BCUT2D eigenvalue weighted by atomic mass is 16.5. The van der Waals surface area contributed by atoms with Crippen LogP contribution in [-0.2, 0) is 14.3 Å². The molecule has 5 heteroatoms. The van der Waals surface area contributed by atoms with E-state index in [0.29, 0.717) is 26.1 Å². The highest BCUT2D eigenvalue weighted by molar-refractivity contribution is 5.76. The number of nitrogens with one attached hydrogen (secondary N) is 1. The van der Waals surface area contributed by atoms with Crippen molar-refractivity contribution >= 4 is 11.8 Å². The van der Waals surface area contributed by atoms with Crippen LogP contribution in [0.25, 0.3) is 0 Å². The first-order valence-electron chi connectivity index (χ1n) is 7.16. The summed E-state index contributed by atoms with van der Waals surface area (Å²) in [7, 11) is 0. The molecule has 0 aromatic heterocycles. The van der Waals surface area contributed by atoms with Crippen LogP contribution in [0, 0.1) is 0 Å². The molecule has 0 spiro atoms. The predicted molar refractivity (Wildman–Crippen MR) is 73.7 cm³/mol. The van der Waals surface area contributed by atoms with Crippen LogP contribution in [-0.4, -0.2) is 48.6 Å². The molecular weight excluding hydrogens is 244 g/mol. The van der Waals surface area contributed by atoms with E-state index in [-0.39, 0.29) is 24.0 Å². The molecule has 1 N–H and O–H groups in total. The van der Waals surface area contributed by atoms with E-state index >= 15 is 0 Å². The van der Waals surface area contributed by atoms with Gasteiger partial charge >= 0.3 is 0 Å². The van der Waals surface area contributed by atoms with Gasteiger partial charge in [-0.15, -0.1) is 0 Å². The van der Waals surface area contributed by atoms with Gasteiger partial charge in [-0.05, 0) is 26.7 Å². The van der Waals surface area contributed by atoms with Crippen molar-refractivity contribution in [3.05, 3.63) is 0 Å². The van der Waals surface area contributed by atoms with Gasteiger partial charge < -0.3 is 15.0 Å². The standard InChI is InChI=1S/C14H26N2O3/c1-11-9-16(10-12(2)19-11)14(18)7-5-4-6-8-15-13(3)17/h11-12H,4-10H2,1-3H3,(H,15,17)/t11-,12+. The van der Waals surface area contributed by atoms with Crippen LogP contribution in [0.4, 0.5) is 0 Å². The van der Waals surface area contributed by atoms with Crippen LogP contribution < -0.4 is 5.32 Å². The Bertz CT molecular complexity index is 297. The summed E-state index contributed by atoms with van der Waals surface area (Å²) in [6.45, 7) is 7.64. The molecule has 1 heterocycles. The van der Waals surface area contributed by atoms with E-state index in [2.05, 4.69) is 5.32 Å². The maximum Gasteiger partial charge on any atom is 0.222 e. The first kappa shape index (κ1) is 16.0. The first-order chi connectivity index (χ1) is 8.99. The van der Waals surface area contributed by atoms with Crippen LogP contribution in [0.2, 0.25) is 0 Å². The molecule has 1 fully saturated rings. The molecule has 2 atom stereocenters. The largest absolute Gasteiger partial charge is 0.372 e. The molecule has 0 radical (unpaired) electrons. The maximum absolute atomic E-state index is 12.0. The summed E-state index contributed by atoms with van der Waals surface area (Å²) >= 11 is 0. The molecule has 19 heavy (non-hydrogen) atoms. The number of carbonyl (C=O) groups excluding carboxylic acids is 2. The number of hydrogen-bond donors (Lipinski definition) is 1. The van der Waals surface area contributed by atoms with Gasteiger partial charge in [-0.1, -0.05) is 6.42 Å². The number of amides is 2. The summed E-state index contributed by atoms with van der Waals surface area (Å²) in [5.74, 6) is 0.230. The molecule has 0 saturated carbocycles. The van der Waals surface area contributed by atoms with Gasteiger partial charge in [-0.2, -0.15) is 0 Å². The Kier molecular flexibility index (Phi) is 6.84. The second kappa shape index (κ2) is 8.15. The van der Waals surface area contributed by atoms with Crippen molar-refractivity contribution < 1.29 is 14.3 Å². The SMILES string of the molecule is CC(=O)NCCCCCC(=O)N1C[C@@H](C)O[C@@H](C)C1. The Hall–Kier alpha value is -1.10. The zero-order valence-corrected chi connectivity index (χ0v) is 12.3. The van der Waals surface area contributed by atoms with Crippen LogP contribution in [0.1, 0.15) is 46.5 Å². The molecule has 2 amide bonds. The number of rotatable bonds is 6. The summed E-state index contributed by atoms with van der Waals surface area (Å²) in [4.78, 5) is 24.6. The lowest BCUT2D eigenvalue weighted by Crippen LogP contribution is -2.48. The molecule has 1 saturated heterocycles. The topological polar surface area (TPSA) is 58.6 Å². The molecule has 110 valence electrons. The highest BCUT2D eigenvalue weighted by Crippen LogP contribution is 2.13. The van der Waals surface area contributed by atoms with Crippen LogP contribution in [0.5, 0.6) is 0 Å². The van der Waals surface area contributed by atoms with E-state index in [1.165, 1.54) is 6.92 Å².